The van der Waals surface area contributed by atoms with Crippen LogP contribution in [0.15, 0.2) is 0 Å². The van der Waals surface area contributed by atoms with Gasteiger partial charge < -0.3 is 5.32 Å². The van der Waals surface area contributed by atoms with Crippen LogP contribution in [0.2, 0.25) is 0 Å². The van der Waals surface area contributed by atoms with Crippen molar-refractivity contribution in [2.45, 2.75) is 76.6 Å². The van der Waals surface area contributed by atoms with Crippen molar-refractivity contribution in [3.8, 4) is 0 Å². The highest BCUT2D eigenvalue weighted by Gasteiger charge is 2.60. The molecule has 4 rings (SSSR count). The van der Waals surface area contributed by atoms with Gasteiger partial charge in [-0.25, -0.2) is 0 Å². The molecule has 1 N–H and O–H groups in total. The molecule has 4 fully saturated rings. The Morgan fingerprint density at radius 3 is 2.10 bits per heavy atom. The molecule has 20 heavy (non-hydrogen) atoms. The van der Waals surface area contributed by atoms with Crippen LogP contribution >= 0.6 is 15.9 Å². The molecule has 1 amide bonds. The SMILES string of the molecule is CC(C)C(Br)C(=O)NC12CC3CC(C)(CC(C)(C3)C1)C2. The predicted octanol–water partition coefficient (Wildman–Crippen LogP) is 4.27. The second-order valence-electron chi connectivity index (χ2n) is 9.05. The molecular weight excluding hydrogens is 314 g/mol. The number of nitrogens with one attached hydrogen (secondary N) is 1. The van der Waals surface area contributed by atoms with Gasteiger partial charge >= 0.3 is 0 Å². The van der Waals surface area contributed by atoms with E-state index in [9.17, 15) is 4.79 Å². The summed E-state index contributed by atoms with van der Waals surface area (Å²) in [4.78, 5) is 12.5. The number of hydrogen-bond acceptors (Lipinski definition) is 1. The number of hydrogen-bond donors (Lipinski definition) is 1. The van der Waals surface area contributed by atoms with Crippen LogP contribution in [0.3, 0.4) is 0 Å². The van der Waals surface area contributed by atoms with Crippen molar-refractivity contribution in [1.29, 1.82) is 0 Å². The normalized spacial score (nSPS) is 47.6. The molecule has 4 aliphatic rings. The predicted molar refractivity (Wildman–Crippen MR) is 85.8 cm³/mol. The average molecular weight is 342 g/mol. The highest BCUT2D eigenvalue weighted by molar-refractivity contribution is 9.10. The third-order valence-corrected chi connectivity index (χ3v) is 7.32. The van der Waals surface area contributed by atoms with E-state index < -0.39 is 0 Å². The lowest BCUT2D eigenvalue weighted by atomic mass is 9.43. The lowest BCUT2D eigenvalue weighted by Crippen LogP contribution is -2.66. The maximum Gasteiger partial charge on any atom is 0.234 e. The average Bonchev–Trinajstić information content (AvgIpc) is 2.21. The van der Waals surface area contributed by atoms with Gasteiger partial charge in [0.25, 0.3) is 0 Å². The summed E-state index contributed by atoms with van der Waals surface area (Å²) in [5.41, 5.74) is 1.00. The maximum absolute atomic E-state index is 12.5. The second-order valence-corrected chi connectivity index (χ2v) is 10.0. The quantitative estimate of drug-likeness (QED) is 0.763. The molecule has 0 aromatic heterocycles. The minimum Gasteiger partial charge on any atom is -0.350 e. The lowest BCUT2D eigenvalue weighted by Gasteiger charge is -2.65. The summed E-state index contributed by atoms with van der Waals surface area (Å²) >= 11 is 3.56. The Balaban J connectivity index is 1.81. The molecular formula is C17H28BrNO. The first kappa shape index (κ1) is 14.9. The Morgan fingerprint density at radius 1 is 1.10 bits per heavy atom. The summed E-state index contributed by atoms with van der Waals surface area (Å²) in [5, 5.41) is 3.47. The van der Waals surface area contributed by atoms with E-state index in [-0.39, 0.29) is 16.3 Å². The van der Waals surface area contributed by atoms with Crippen LogP contribution in [0.5, 0.6) is 0 Å². The lowest BCUT2D eigenvalue weighted by molar-refractivity contribution is -0.139. The van der Waals surface area contributed by atoms with Crippen LogP contribution in [0.25, 0.3) is 0 Å². The first-order valence-electron chi connectivity index (χ1n) is 8.11. The topological polar surface area (TPSA) is 29.1 Å². The van der Waals surface area contributed by atoms with E-state index in [1.807, 2.05) is 0 Å². The molecule has 4 aliphatic carbocycles. The number of carbonyl (C=O) groups excluding carboxylic acids is 1. The fourth-order valence-electron chi connectivity index (χ4n) is 6.22. The zero-order valence-corrected chi connectivity index (χ0v) is 14.8. The van der Waals surface area contributed by atoms with Gasteiger partial charge in [0.15, 0.2) is 0 Å². The highest BCUT2D eigenvalue weighted by atomic mass is 79.9. The first-order valence-corrected chi connectivity index (χ1v) is 9.02. The Bertz CT molecular complexity index is 415. The number of rotatable bonds is 3. The van der Waals surface area contributed by atoms with E-state index in [2.05, 4.69) is 48.9 Å². The van der Waals surface area contributed by atoms with Gasteiger partial charge in [-0.3, -0.25) is 4.79 Å². The van der Waals surface area contributed by atoms with E-state index in [1.165, 1.54) is 38.5 Å². The van der Waals surface area contributed by atoms with Crippen molar-refractivity contribution < 1.29 is 4.79 Å². The number of alkyl halides is 1. The molecule has 3 atom stereocenters. The Kier molecular flexibility index (Phi) is 3.32. The largest absolute Gasteiger partial charge is 0.350 e. The van der Waals surface area contributed by atoms with E-state index >= 15 is 0 Å². The number of halogens is 1. The van der Waals surface area contributed by atoms with Crippen LogP contribution in [0, 0.1) is 22.7 Å². The van der Waals surface area contributed by atoms with Gasteiger partial charge in [-0.05, 0) is 61.2 Å². The van der Waals surface area contributed by atoms with Gasteiger partial charge in [-0.15, -0.1) is 0 Å². The summed E-state index contributed by atoms with van der Waals surface area (Å²) < 4.78 is 0. The minimum atomic E-state index is -0.0592. The maximum atomic E-state index is 12.5. The Morgan fingerprint density at radius 2 is 1.65 bits per heavy atom. The van der Waals surface area contributed by atoms with E-state index in [0.717, 1.165) is 5.92 Å². The molecule has 4 saturated carbocycles. The monoisotopic (exact) mass is 341 g/mol. The van der Waals surface area contributed by atoms with Gasteiger partial charge in [0.05, 0.1) is 4.83 Å². The van der Waals surface area contributed by atoms with Crippen molar-refractivity contribution in [3.05, 3.63) is 0 Å². The smallest absolute Gasteiger partial charge is 0.234 e. The summed E-state index contributed by atoms with van der Waals surface area (Å²) in [7, 11) is 0. The van der Waals surface area contributed by atoms with Gasteiger partial charge in [-0.2, -0.15) is 0 Å². The molecule has 3 heteroatoms. The second kappa shape index (κ2) is 4.47. The summed E-state index contributed by atoms with van der Waals surface area (Å²) in [6, 6.07) is 0. The molecule has 0 spiro atoms. The highest BCUT2D eigenvalue weighted by Crippen LogP contribution is 2.66. The summed E-state index contributed by atoms with van der Waals surface area (Å²) in [6.45, 7) is 9.10. The zero-order chi connectivity index (χ0) is 14.8. The zero-order valence-electron chi connectivity index (χ0n) is 13.3. The van der Waals surface area contributed by atoms with Crippen molar-refractivity contribution in [2.75, 3.05) is 0 Å². The van der Waals surface area contributed by atoms with Crippen LogP contribution in [-0.4, -0.2) is 16.3 Å². The minimum absolute atomic E-state index is 0.0592. The van der Waals surface area contributed by atoms with Crippen LogP contribution in [0.1, 0.15) is 66.2 Å². The number of amides is 1. The van der Waals surface area contributed by atoms with Crippen LogP contribution in [0.4, 0.5) is 0 Å². The van der Waals surface area contributed by atoms with Gasteiger partial charge in [0.1, 0.15) is 0 Å². The van der Waals surface area contributed by atoms with Crippen molar-refractivity contribution in [1.82, 2.24) is 5.32 Å². The number of carbonyl (C=O) groups is 1. The molecule has 0 saturated heterocycles. The third kappa shape index (κ3) is 2.44. The fraction of sp³-hybridized carbons (Fsp3) is 0.941. The molecule has 2 nitrogen and oxygen atoms in total. The van der Waals surface area contributed by atoms with Crippen molar-refractivity contribution >= 4 is 21.8 Å². The molecule has 0 heterocycles. The van der Waals surface area contributed by atoms with Crippen molar-refractivity contribution in [2.24, 2.45) is 22.7 Å². The Labute approximate surface area is 131 Å². The molecule has 3 unspecified atom stereocenters. The molecule has 114 valence electrons. The molecule has 0 radical (unpaired) electrons. The Hall–Kier alpha value is -0.0500. The molecule has 0 aromatic rings. The molecule has 0 aliphatic heterocycles. The third-order valence-electron chi connectivity index (χ3n) is 5.85. The fourth-order valence-corrected chi connectivity index (χ4v) is 6.33. The summed E-state index contributed by atoms with van der Waals surface area (Å²) in [6.07, 6.45) is 7.70. The summed E-state index contributed by atoms with van der Waals surface area (Å²) in [5.74, 6) is 1.37. The van der Waals surface area contributed by atoms with Crippen LogP contribution in [-0.2, 0) is 4.79 Å². The molecule has 0 aromatic carbocycles. The standard InChI is InChI=1S/C17H28BrNO/c1-11(2)13(18)14(20)19-17-7-12-5-15(3,9-17)8-16(4,6-12)10-17/h11-13H,5-10H2,1-4H3,(H,19,20). The first-order chi connectivity index (χ1) is 9.14. The van der Waals surface area contributed by atoms with Crippen LogP contribution < -0.4 is 5.32 Å². The van der Waals surface area contributed by atoms with E-state index in [1.54, 1.807) is 0 Å². The van der Waals surface area contributed by atoms with E-state index in [0.29, 0.717) is 16.7 Å². The van der Waals surface area contributed by atoms with Gasteiger partial charge in [0, 0.05) is 5.54 Å². The van der Waals surface area contributed by atoms with Gasteiger partial charge in [-0.1, -0.05) is 43.6 Å². The van der Waals surface area contributed by atoms with E-state index in [4.69, 9.17) is 0 Å². The van der Waals surface area contributed by atoms with Crippen molar-refractivity contribution in [3.63, 3.8) is 0 Å². The van der Waals surface area contributed by atoms with Gasteiger partial charge in [0.2, 0.25) is 5.91 Å². The molecule has 4 bridgehead atoms.